The Balaban J connectivity index is 3.72. The molecule has 0 radical (unpaired) electrons. The average molecular weight is 529 g/mol. The predicted octanol–water partition coefficient (Wildman–Crippen LogP) is 7.17. The van der Waals surface area contributed by atoms with Gasteiger partial charge < -0.3 is 10.2 Å². The molecule has 0 saturated carbocycles. The molecule has 0 aromatic heterocycles. The molecule has 0 aliphatic carbocycles. The summed E-state index contributed by atoms with van der Waals surface area (Å²) in [5.41, 5.74) is 0. The molecule has 4 N–H and O–H groups in total. The van der Waals surface area contributed by atoms with Crippen LogP contribution < -0.4 is 9.44 Å². The number of hydrogen-bond acceptors (Lipinski definition) is 8. The van der Waals surface area contributed by atoms with Gasteiger partial charge in [0.2, 0.25) is 0 Å². The van der Waals surface area contributed by atoms with Gasteiger partial charge in [0.25, 0.3) is 0 Å². The highest BCUT2D eigenvalue weighted by molar-refractivity contribution is 8.77. The molecule has 190 valence electrons. The molecule has 6 nitrogen and oxygen atoms in total. The Morgan fingerprint density at radius 2 is 0.969 bits per heavy atom. The third-order valence-electron chi connectivity index (χ3n) is 5.04. The maximum Gasteiger partial charge on any atom is 0.321 e. The van der Waals surface area contributed by atoms with Crippen LogP contribution in [0, 0.1) is 0 Å². The van der Waals surface area contributed by atoms with Crippen molar-refractivity contribution in [3.8, 4) is 0 Å². The summed E-state index contributed by atoms with van der Waals surface area (Å²) < 4.78 is 6.11. The smallest absolute Gasteiger partial charge is 0.321 e. The van der Waals surface area contributed by atoms with Crippen LogP contribution in [0.2, 0.25) is 0 Å². The maximum absolute atomic E-state index is 11.4. The molecule has 10 heteroatoms. The lowest BCUT2D eigenvalue weighted by molar-refractivity contribution is -0.140. The van der Waals surface area contributed by atoms with Crippen molar-refractivity contribution in [1.29, 1.82) is 0 Å². The zero-order chi connectivity index (χ0) is 23.9. The van der Waals surface area contributed by atoms with Crippen LogP contribution >= 0.6 is 43.5 Å². The normalized spacial score (nSPS) is 13.2. The fraction of sp³-hybridized carbons (Fsp3) is 0.909. The van der Waals surface area contributed by atoms with E-state index in [4.69, 9.17) is 0 Å². The molecule has 0 saturated heterocycles. The summed E-state index contributed by atoms with van der Waals surface area (Å²) in [7, 11) is 6.00. The van der Waals surface area contributed by atoms with Crippen molar-refractivity contribution in [2.45, 2.75) is 116 Å². The minimum absolute atomic E-state index is 0.499. The highest BCUT2D eigenvalue weighted by atomic mass is 33.1. The van der Waals surface area contributed by atoms with E-state index in [9.17, 15) is 19.8 Å². The third-order valence-corrected chi connectivity index (χ3v) is 9.32. The molecular formula is C22H44N2O4S4. The molecule has 0 aromatic carbocycles. The monoisotopic (exact) mass is 528 g/mol. The standard InChI is InChI=1S/C22H44N2O4S4/c1-3-5-7-9-11-13-15-19(21(25)26)23-31-29-17-18-30-32-24-20(22(27)28)16-14-12-10-8-6-4-2/h19-20,23-24H,3-18H2,1-2H3,(H,25,26)(H,27,28). The number of carbonyl (C=O) groups is 2. The van der Waals surface area contributed by atoms with Gasteiger partial charge >= 0.3 is 11.9 Å². The Bertz CT molecular complexity index is 422. The molecule has 0 aromatic rings. The second-order valence-electron chi connectivity index (χ2n) is 7.94. The molecule has 0 aliphatic heterocycles. The number of carboxylic acid groups (broad SMARTS) is 2. The molecule has 0 heterocycles. The van der Waals surface area contributed by atoms with Crippen molar-refractivity contribution in [2.75, 3.05) is 11.5 Å². The first-order valence-electron chi connectivity index (χ1n) is 12.1. The van der Waals surface area contributed by atoms with E-state index in [-0.39, 0.29) is 0 Å². The molecule has 32 heavy (non-hydrogen) atoms. The second kappa shape index (κ2) is 24.4. The Labute approximate surface area is 211 Å². The van der Waals surface area contributed by atoms with Crippen LogP contribution in [0.5, 0.6) is 0 Å². The summed E-state index contributed by atoms with van der Waals surface area (Å²) in [6, 6.07) is -0.999. The number of rotatable bonds is 25. The summed E-state index contributed by atoms with van der Waals surface area (Å²) >= 11 is 0. The van der Waals surface area contributed by atoms with Crippen molar-refractivity contribution in [2.24, 2.45) is 0 Å². The van der Waals surface area contributed by atoms with Crippen LogP contribution in [-0.4, -0.2) is 45.7 Å². The van der Waals surface area contributed by atoms with Gasteiger partial charge in [-0.05, 0) is 34.8 Å². The Morgan fingerprint density at radius 1 is 0.625 bits per heavy atom. The summed E-state index contributed by atoms with van der Waals surface area (Å²) in [6.45, 7) is 4.38. The molecule has 2 unspecified atom stereocenters. The maximum atomic E-state index is 11.4. The van der Waals surface area contributed by atoms with Gasteiger partial charge in [0.15, 0.2) is 0 Å². The van der Waals surface area contributed by atoms with Crippen LogP contribution in [0.3, 0.4) is 0 Å². The van der Waals surface area contributed by atoms with Gasteiger partial charge in [-0.2, -0.15) is 0 Å². The average Bonchev–Trinajstić information content (AvgIpc) is 2.76. The van der Waals surface area contributed by atoms with Gasteiger partial charge in [-0.25, -0.2) is 9.44 Å². The zero-order valence-corrected chi connectivity index (χ0v) is 23.1. The van der Waals surface area contributed by atoms with E-state index < -0.39 is 24.0 Å². The Kier molecular flexibility index (Phi) is 24.6. The van der Waals surface area contributed by atoms with Gasteiger partial charge in [-0.15, -0.1) is 0 Å². The zero-order valence-electron chi connectivity index (χ0n) is 19.8. The van der Waals surface area contributed by atoms with Crippen LogP contribution in [0.1, 0.15) is 104 Å². The minimum atomic E-state index is -0.786. The third kappa shape index (κ3) is 20.8. The van der Waals surface area contributed by atoms with Gasteiger partial charge in [0, 0.05) is 11.5 Å². The second-order valence-corrected chi connectivity index (χ2v) is 12.4. The van der Waals surface area contributed by atoms with Gasteiger partial charge in [0.05, 0.1) is 0 Å². The lowest BCUT2D eigenvalue weighted by atomic mass is 10.1. The molecule has 2 atom stereocenters. The number of unbranched alkanes of at least 4 members (excludes halogenated alkanes) is 10. The molecular weight excluding hydrogens is 485 g/mol. The number of hydrogen-bond donors (Lipinski definition) is 4. The fourth-order valence-corrected chi connectivity index (χ4v) is 7.41. The first-order valence-corrected chi connectivity index (χ1v) is 16.7. The summed E-state index contributed by atoms with van der Waals surface area (Å²) in [4.78, 5) is 22.8. The molecule has 0 amide bonds. The van der Waals surface area contributed by atoms with Crippen molar-refractivity contribution >= 4 is 55.5 Å². The van der Waals surface area contributed by atoms with Crippen molar-refractivity contribution < 1.29 is 19.8 Å². The first-order chi connectivity index (χ1) is 15.5. The molecule has 0 aliphatic rings. The minimum Gasteiger partial charge on any atom is -0.480 e. The lowest BCUT2D eigenvalue weighted by Gasteiger charge is -2.14. The predicted molar refractivity (Wildman–Crippen MR) is 145 cm³/mol. The Hall–Kier alpha value is 0.260. The van der Waals surface area contributed by atoms with E-state index in [1.54, 1.807) is 21.6 Å². The SMILES string of the molecule is CCCCCCCCC(NSSCCSSNC(CCCCCCCC)C(=O)O)C(=O)O. The molecule has 0 bridgehead atoms. The Morgan fingerprint density at radius 3 is 1.31 bits per heavy atom. The quantitative estimate of drug-likeness (QED) is 0.0554. The highest BCUT2D eigenvalue weighted by Crippen LogP contribution is 2.25. The van der Waals surface area contributed by atoms with Crippen molar-refractivity contribution in [3.63, 3.8) is 0 Å². The number of aliphatic carboxylic acids is 2. The van der Waals surface area contributed by atoms with E-state index in [0.29, 0.717) is 12.8 Å². The lowest BCUT2D eigenvalue weighted by Crippen LogP contribution is -2.31. The molecule has 0 fully saturated rings. The van der Waals surface area contributed by atoms with Gasteiger partial charge in [-0.3, -0.25) is 9.59 Å². The topological polar surface area (TPSA) is 98.7 Å². The number of nitrogens with one attached hydrogen (secondary N) is 2. The van der Waals surface area contributed by atoms with E-state index >= 15 is 0 Å². The van der Waals surface area contributed by atoms with Crippen LogP contribution in [0.4, 0.5) is 0 Å². The summed E-state index contributed by atoms with van der Waals surface area (Å²) in [5.74, 6) is 0.141. The van der Waals surface area contributed by atoms with E-state index in [1.165, 1.54) is 73.3 Å². The van der Waals surface area contributed by atoms with Crippen LogP contribution in [0.25, 0.3) is 0 Å². The van der Waals surface area contributed by atoms with Gasteiger partial charge in [-0.1, -0.05) is 112 Å². The van der Waals surface area contributed by atoms with E-state index in [0.717, 1.165) is 37.2 Å². The number of carboxylic acids is 2. The highest BCUT2D eigenvalue weighted by Gasteiger charge is 2.17. The molecule has 0 spiro atoms. The van der Waals surface area contributed by atoms with Crippen LogP contribution in [-0.2, 0) is 9.59 Å². The van der Waals surface area contributed by atoms with Crippen molar-refractivity contribution in [3.05, 3.63) is 0 Å². The fourth-order valence-electron chi connectivity index (χ4n) is 3.06. The first kappa shape index (κ1) is 32.3. The van der Waals surface area contributed by atoms with E-state index in [2.05, 4.69) is 23.3 Å². The largest absolute Gasteiger partial charge is 0.480 e. The molecule has 0 rings (SSSR count). The van der Waals surface area contributed by atoms with Crippen LogP contribution in [0.15, 0.2) is 0 Å². The van der Waals surface area contributed by atoms with E-state index in [1.807, 2.05) is 0 Å². The van der Waals surface area contributed by atoms with Crippen molar-refractivity contribution in [1.82, 2.24) is 9.44 Å². The van der Waals surface area contributed by atoms with Gasteiger partial charge in [0.1, 0.15) is 12.1 Å². The summed E-state index contributed by atoms with van der Waals surface area (Å²) in [6.07, 6.45) is 15.2. The summed E-state index contributed by atoms with van der Waals surface area (Å²) in [5, 5.41) is 18.7.